The Bertz CT molecular complexity index is 1230. The van der Waals surface area contributed by atoms with Crippen LogP contribution in [0.5, 0.6) is 0 Å². The Hall–Kier alpha value is -4.16. The maximum absolute atomic E-state index is 14.0. The number of anilines is 1. The fraction of sp³-hybridized carbons (Fsp3) is 0.200. The van der Waals surface area contributed by atoms with Gasteiger partial charge in [0, 0.05) is 42.1 Å². The Morgan fingerprint density at radius 1 is 1.14 bits per heavy atom. The van der Waals surface area contributed by atoms with Crippen molar-refractivity contribution < 1.29 is 9.18 Å². The number of urea groups is 1. The van der Waals surface area contributed by atoms with E-state index in [-0.39, 0.29) is 18.6 Å². The molecule has 4 rings (SSSR count). The smallest absolute Gasteiger partial charge is 0.322 e. The number of aromatic nitrogens is 1. The summed E-state index contributed by atoms with van der Waals surface area (Å²) in [4.78, 5) is 24.9. The quantitative estimate of drug-likeness (QED) is 0.185. The third-order valence-electron chi connectivity index (χ3n) is 5.62. The number of rotatable bonds is 4. The number of nitriles is 1. The molecule has 0 radical (unpaired) electrons. The lowest BCUT2D eigenvalue weighted by atomic mass is 10.0. The van der Waals surface area contributed by atoms with Crippen molar-refractivity contribution in [1.82, 2.24) is 20.1 Å². The Kier molecular flexibility index (Phi) is 7.75. The molecule has 2 heterocycles. The van der Waals surface area contributed by atoms with Gasteiger partial charge in [0.1, 0.15) is 0 Å². The zero-order chi connectivity index (χ0) is 24.6. The fourth-order valence-electron chi connectivity index (χ4n) is 3.87. The molecule has 0 aliphatic carbocycles. The summed E-state index contributed by atoms with van der Waals surface area (Å²) in [7, 11) is 0. The van der Waals surface area contributed by atoms with E-state index in [1.165, 1.54) is 6.20 Å². The molecular weight excluding hydrogens is 469 g/mol. The van der Waals surface area contributed by atoms with Gasteiger partial charge >= 0.3 is 6.03 Å². The molecule has 0 spiro atoms. The molecule has 8 nitrogen and oxygen atoms in total. The lowest BCUT2D eigenvalue weighted by Crippen LogP contribution is -2.55. The van der Waals surface area contributed by atoms with Gasteiger partial charge in [0.05, 0.1) is 12.6 Å². The van der Waals surface area contributed by atoms with Crippen LogP contribution in [-0.2, 0) is 6.54 Å². The lowest BCUT2D eigenvalue weighted by molar-refractivity contribution is 0.135. The van der Waals surface area contributed by atoms with E-state index in [2.05, 4.69) is 20.6 Å². The zero-order valence-corrected chi connectivity index (χ0v) is 19.5. The molecule has 1 aliphatic heterocycles. The average molecular weight is 492 g/mol. The number of nitrogens with zero attached hydrogens (tertiary/aromatic N) is 5. The maximum Gasteiger partial charge on any atom is 0.322 e. The number of carbonyl (C=O) groups excluding carboxylic acids is 1. The predicted octanol–water partition coefficient (Wildman–Crippen LogP) is 4.39. The molecule has 2 N–H and O–H groups in total. The van der Waals surface area contributed by atoms with Crippen LogP contribution in [0.15, 0.2) is 77.9 Å². The van der Waals surface area contributed by atoms with Crippen LogP contribution in [-0.4, -0.2) is 46.4 Å². The molecule has 1 fully saturated rings. The fourth-order valence-corrected chi connectivity index (χ4v) is 4.00. The second kappa shape index (κ2) is 11.3. The van der Waals surface area contributed by atoms with Gasteiger partial charge in [-0.3, -0.25) is 5.32 Å². The largest absolute Gasteiger partial charge is 0.338 e. The van der Waals surface area contributed by atoms with Crippen LogP contribution in [0.25, 0.3) is 0 Å². The number of hydrogen-bond acceptors (Lipinski definition) is 4. The Morgan fingerprint density at radius 2 is 1.91 bits per heavy atom. The minimum atomic E-state index is -0.599. The van der Waals surface area contributed by atoms with Crippen molar-refractivity contribution in [3.05, 3.63) is 95.0 Å². The third-order valence-corrected chi connectivity index (χ3v) is 5.88. The van der Waals surface area contributed by atoms with E-state index >= 15 is 0 Å². The summed E-state index contributed by atoms with van der Waals surface area (Å²) in [5.41, 5.74) is 1.91. The first kappa shape index (κ1) is 24.0. The van der Waals surface area contributed by atoms with Crippen molar-refractivity contribution in [2.75, 3.05) is 25.0 Å². The van der Waals surface area contributed by atoms with Gasteiger partial charge in [0.15, 0.2) is 6.19 Å². The first-order valence-electron chi connectivity index (χ1n) is 11.0. The van der Waals surface area contributed by atoms with Crippen molar-refractivity contribution in [2.24, 2.45) is 4.99 Å². The molecular formula is C25H23ClFN7O. The second-order valence-electron chi connectivity index (χ2n) is 7.83. The highest BCUT2D eigenvalue weighted by atomic mass is 35.5. The number of hydrogen-bond donors (Lipinski definition) is 2. The van der Waals surface area contributed by atoms with Crippen molar-refractivity contribution in [1.29, 1.82) is 5.26 Å². The van der Waals surface area contributed by atoms with Crippen molar-refractivity contribution in [3.63, 3.8) is 0 Å². The monoisotopic (exact) mass is 491 g/mol. The molecule has 1 atom stereocenters. The van der Waals surface area contributed by atoms with Crippen LogP contribution in [0.4, 0.5) is 14.9 Å². The number of guanidine groups is 1. The van der Waals surface area contributed by atoms with E-state index in [0.29, 0.717) is 41.9 Å². The van der Waals surface area contributed by atoms with Gasteiger partial charge in [-0.05, 0) is 35.9 Å². The standard InChI is InChI=1S/C25H23ClFN7O/c26-20-8-10-21(11-9-20)32-25(35)34-14-13-33(16-22(34)18-5-2-1-3-6-18)24(31-17-28)30-15-19-7-4-12-29-23(19)27/h1-12,22H,13-16H2,(H,30,31)(H,32,35). The number of amides is 2. The van der Waals surface area contributed by atoms with Crippen LogP contribution in [0.2, 0.25) is 5.02 Å². The van der Waals surface area contributed by atoms with E-state index in [9.17, 15) is 14.4 Å². The van der Waals surface area contributed by atoms with Gasteiger partial charge in [0.2, 0.25) is 11.9 Å². The number of nitrogens with one attached hydrogen (secondary N) is 2. The summed E-state index contributed by atoms with van der Waals surface area (Å²) >= 11 is 5.95. The third kappa shape index (κ3) is 6.05. The minimum Gasteiger partial charge on any atom is -0.338 e. The molecule has 35 heavy (non-hydrogen) atoms. The van der Waals surface area contributed by atoms with Gasteiger partial charge in [0.25, 0.3) is 0 Å². The van der Waals surface area contributed by atoms with Crippen LogP contribution in [0.1, 0.15) is 17.2 Å². The molecule has 3 aromatic rings. The zero-order valence-electron chi connectivity index (χ0n) is 18.7. The first-order chi connectivity index (χ1) is 17.0. The topological polar surface area (TPSA) is 96.7 Å². The summed E-state index contributed by atoms with van der Waals surface area (Å²) in [6.07, 6.45) is 3.28. The second-order valence-corrected chi connectivity index (χ2v) is 8.27. The molecule has 0 saturated carbocycles. The summed E-state index contributed by atoms with van der Waals surface area (Å²) < 4.78 is 14.0. The average Bonchev–Trinajstić information content (AvgIpc) is 2.89. The molecule has 0 bridgehead atoms. The van der Waals surface area contributed by atoms with E-state index in [4.69, 9.17) is 11.6 Å². The predicted molar refractivity (Wildman–Crippen MR) is 132 cm³/mol. The summed E-state index contributed by atoms with van der Waals surface area (Å²) in [6.45, 7) is 1.23. The van der Waals surface area contributed by atoms with E-state index in [1.807, 2.05) is 41.4 Å². The van der Waals surface area contributed by atoms with Crippen LogP contribution in [0, 0.1) is 17.4 Å². The van der Waals surface area contributed by atoms with Crippen LogP contribution < -0.4 is 10.6 Å². The number of benzene rings is 2. The Balaban J connectivity index is 1.56. The highest BCUT2D eigenvalue weighted by Gasteiger charge is 2.33. The van der Waals surface area contributed by atoms with E-state index in [1.54, 1.807) is 41.3 Å². The minimum absolute atomic E-state index is 0.0248. The summed E-state index contributed by atoms with van der Waals surface area (Å²) in [5, 5.41) is 15.4. The molecule has 178 valence electrons. The normalized spacial score (nSPS) is 15.9. The molecule has 10 heteroatoms. The molecule has 1 aromatic heterocycles. The van der Waals surface area contributed by atoms with Crippen LogP contribution in [0.3, 0.4) is 0 Å². The van der Waals surface area contributed by atoms with Crippen LogP contribution >= 0.6 is 11.6 Å². The number of piperazine rings is 1. The molecule has 2 amide bonds. The molecule has 2 aromatic carbocycles. The maximum atomic E-state index is 14.0. The van der Waals surface area contributed by atoms with E-state index in [0.717, 1.165) is 5.56 Å². The molecule has 1 saturated heterocycles. The summed E-state index contributed by atoms with van der Waals surface area (Å²) in [6, 6.07) is 19.2. The first-order valence-corrected chi connectivity index (χ1v) is 11.3. The lowest BCUT2D eigenvalue weighted by Gasteiger charge is -2.42. The molecule has 1 unspecified atom stereocenters. The number of halogens is 2. The highest BCUT2D eigenvalue weighted by Crippen LogP contribution is 2.27. The SMILES string of the molecule is N#CNC(=NCc1cccnc1F)N1CCN(C(=O)Nc2ccc(Cl)cc2)C(c2ccccc2)C1. The van der Waals surface area contributed by atoms with Crippen molar-refractivity contribution in [3.8, 4) is 6.19 Å². The Labute approximate surface area is 207 Å². The number of aliphatic imine (C=N–C) groups is 1. The Morgan fingerprint density at radius 3 is 2.63 bits per heavy atom. The van der Waals surface area contributed by atoms with Gasteiger partial charge in [-0.25, -0.2) is 14.8 Å². The van der Waals surface area contributed by atoms with Crippen molar-refractivity contribution >= 4 is 29.3 Å². The van der Waals surface area contributed by atoms with Gasteiger partial charge in [-0.15, -0.1) is 0 Å². The van der Waals surface area contributed by atoms with Gasteiger partial charge in [-0.1, -0.05) is 48.0 Å². The highest BCUT2D eigenvalue weighted by molar-refractivity contribution is 6.30. The van der Waals surface area contributed by atoms with E-state index < -0.39 is 5.95 Å². The van der Waals surface area contributed by atoms with Crippen molar-refractivity contribution in [2.45, 2.75) is 12.6 Å². The summed E-state index contributed by atoms with van der Waals surface area (Å²) in [5.74, 6) is -0.284. The number of pyridine rings is 1. The molecule has 1 aliphatic rings. The number of carbonyl (C=O) groups is 1. The van der Waals surface area contributed by atoms with Gasteiger partial charge < -0.3 is 15.1 Å². The van der Waals surface area contributed by atoms with Gasteiger partial charge in [-0.2, -0.15) is 9.65 Å².